The quantitative estimate of drug-likeness (QED) is 0.735. The standard InChI is InChI=1S/C13H19FN2O4/c14-9-10(17)16-6-5-15-11(18)12(16)1-3-13(4-2-12)19-7-8-20-13/h1-9H2,(H,15,18). The van der Waals surface area contributed by atoms with Crippen molar-refractivity contribution in [1.82, 2.24) is 10.2 Å². The molecule has 1 saturated carbocycles. The van der Waals surface area contributed by atoms with E-state index >= 15 is 0 Å². The average Bonchev–Trinajstić information content (AvgIpc) is 2.93. The summed E-state index contributed by atoms with van der Waals surface area (Å²) in [5.41, 5.74) is -0.929. The second-order valence-electron chi connectivity index (χ2n) is 5.57. The van der Waals surface area contributed by atoms with Crippen LogP contribution in [0.25, 0.3) is 0 Å². The van der Waals surface area contributed by atoms with Gasteiger partial charge in [-0.05, 0) is 12.8 Å². The number of halogens is 1. The molecule has 3 rings (SSSR count). The second-order valence-corrected chi connectivity index (χ2v) is 5.57. The van der Waals surface area contributed by atoms with Gasteiger partial charge in [0.1, 0.15) is 5.54 Å². The first-order chi connectivity index (χ1) is 9.62. The fraction of sp³-hybridized carbons (Fsp3) is 0.846. The highest BCUT2D eigenvalue weighted by Crippen LogP contribution is 2.43. The Morgan fingerprint density at radius 1 is 1.25 bits per heavy atom. The molecule has 2 saturated heterocycles. The van der Waals surface area contributed by atoms with Crippen molar-refractivity contribution in [2.45, 2.75) is 37.0 Å². The lowest BCUT2D eigenvalue weighted by atomic mass is 9.75. The maximum absolute atomic E-state index is 12.8. The van der Waals surface area contributed by atoms with Crippen LogP contribution < -0.4 is 5.32 Å². The van der Waals surface area contributed by atoms with Crippen LogP contribution in [0.5, 0.6) is 0 Å². The summed E-state index contributed by atoms with van der Waals surface area (Å²) >= 11 is 0. The summed E-state index contributed by atoms with van der Waals surface area (Å²) in [5.74, 6) is -1.39. The third-order valence-corrected chi connectivity index (χ3v) is 4.63. The molecule has 2 spiro atoms. The minimum absolute atomic E-state index is 0.182. The predicted octanol–water partition coefficient (Wildman–Crippen LogP) is -0.0298. The van der Waals surface area contributed by atoms with Crippen molar-refractivity contribution in [1.29, 1.82) is 0 Å². The highest BCUT2D eigenvalue weighted by molar-refractivity contribution is 5.93. The molecule has 0 aromatic carbocycles. The van der Waals surface area contributed by atoms with E-state index < -0.39 is 23.9 Å². The summed E-state index contributed by atoms with van der Waals surface area (Å²) in [6.07, 6.45) is 2.00. The van der Waals surface area contributed by atoms with Gasteiger partial charge in [-0.3, -0.25) is 9.59 Å². The Labute approximate surface area is 116 Å². The molecule has 2 aliphatic heterocycles. The summed E-state index contributed by atoms with van der Waals surface area (Å²) in [6, 6.07) is 0. The highest BCUT2D eigenvalue weighted by atomic mass is 19.1. The predicted molar refractivity (Wildman–Crippen MR) is 66.5 cm³/mol. The van der Waals surface area contributed by atoms with Crippen LogP contribution in [0.15, 0.2) is 0 Å². The number of hydrogen-bond acceptors (Lipinski definition) is 4. The molecule has 0 bridgehead atoms. The average molecular weight is 286 g/mol. The van der Waals surface area contributed by atoms with E-state index in [4.69, 9.17) is 9.47 Å². The molecule has 0 aromatic heterocycles. The van der Waals surface area contributed by atoms with Gasteiger partial charge in [-0.2, -0.15) is 0 Å². The SMILES string of the molecule is O=C(CF)N1CCNC(=O)C12CCC1(CC2)OCCO1. The Bertz CT molecular complexity index is 413. The van der Waals surface area contributed by atoms with E-state index in [0.717, 1.165) is 0 Å². The number of amides is 2. The molecular weight excluding hydrogens is 267 g/mol. The van der Waals surface area contributed by atoms with E-state index in [0.29, 0.717) is 52.0 Å². The van der Waals surface area contributed by atoms with Crippen molar-refractivity contribution in [3.05, 3.63) is 0 Å². The lowest BCUT2D eigenvalue weighted by Crippen LogP contribution is -2.68. The normalized spacial score (nSPS) is 27.9. The van der Waals surface area contributed by atoms with E-state index in [9.17, 15) is 14.0 Å². The molecular formula is C13H19FN2O4. The van der Waals surface area contributed by atoms with Crippen molar-refractivity contribution >= 4 is 11.8 Å². The molecule has 6 nitrogen and oxygen atoms in total. The molecule has 0 aromatic rings. The maximum Gasteiger partial charge on any atom is 0.254 e. The van der Waals surface area contributed by atoms with Gasteiger partial charge < -0.3 is 19.7 Å². The number of ether oxygens (including phenoxy) is 2. The summed E-state index contributed by atoms with van der Waals surface area (Å²) < 4.78 is 24.0. The number of alkyl halides is 1. The minimum atomic E-state index is -1.06. The van der Waals surface area contributed by atoms with Crippen LogP contribution in [0.1, 0.15) is 25.7 Å². The Morgan fingerprint density at radius 3 is 2.50 bits per heavy atom. The molecule has 3 aliphatic rings. The molecule has 112 valence electrons. The van der Waals surface area contributed by atoms with Crippen molar-refractivity contribution in [3.63, 3.8) is 0 Å². The third-order valence-electron chi connectivity index (χ3n) is 4.63. The van der Waals surface area contributed by atoms with Crippen LogP contribution in [0.3, 0.4) is 0 Å². The molecule has 1 N–H and O–H groups in total. The molecule has 1 aliphatic carbocycles. The molecule has 0 radical (unpaired) electrons. The number of carbonyl (C=O) groups excluding carboxylic acids is 2. The first-order valence-electron chi connectivity index (χ1n) is 7.05. The van der Waals surface area contributed by atoms with Gasteiger partial charge in [0.05, 0.1) is 13.2 Å². The van der Waals surface area contributed by atoms with Gasteiger partial charge in [0.15, 0.2) is 12.5 Å². The van der Waals surface area contributed by atoms with Crippen molar-refractivity contribution < 1.29 is 23.5 Å². The molecule has 20 heavy (non-hydrogen) atoms. The van der Waals surface area contributed by atoms with Gasteiger partial charge in [-0.15, -0.1) is 0 Å². The molecule has 3 fully saturated rings. The number of nitrogens with zero attached hydrogens (tertiary/aromatic N) is 1. The zero-order valence-electron chi connectivity index (χ0n) is 11.3. The number of nitrogens with one attached hydrogen (secondary N) is 1. The molecule has 0 unspecified atom stereocenters. The molecule has 2 heterocycles. The summed E-state index contributed by atoms with van der Waals surface area (Å²) in [6.45, 7) is 0.805. The van der Waals surface area contributed by atoms with Gasteiger partial charge in [0.25, 0.3) is 5.91 Å². The zero-order chi connectivity index (χ0) is 14.2. The highest BCUT2D eigenvalue weighted by Gasteiger charge is 2.54. The van der Waals surface area contributed by atoms with Crippen LogP contribution in [0.2, 0.25) is 0 Å². The van der Waals surface area contributed by atoms with Crippen LogP contribution in [-0.2, 0) is 19.1 Å². The van der Waals surface area contributed by atoms with Crippen molar-refractivity contribution in [2.75, 3.05) is 33.0 Å². The monoisotopic (exact) mass is 286 g/mol. The van der Waals surface area contributed by atoms with E-state index in [1.807, 2.05) is 0 Å². The van der Waals surface area contributed by atoms with Crippen molar-refractivity contribution in [2.24, 2.45) is 0 Å². The first-order valence-corrected chi connectivity index (χ1v) is 7.05. The Morgan fingerprint density at radius 2 is 1.90 bits per heavy atom. The van der Waals surface area contributed by atoms with E-state index in [1.165, 1.54) is 4.90 Å². The molecule has 2 amide bonds. The lowest BCUT2D eigenvalue weighted by Gasteiger charge is -2.50. The van der Waals surface area contributed by atoms with Gasteiger partial charge in [0.2, 0.25) is 5.91 Å². The van der Waals surface area contributed by atoms with E-state index in [-0.39, 0.29) is 5.91 Å². The van der Waals surface area contributed by atoms with Crippen LogP contribution in [-0.4, -0.2) is 61.0 Å². The van der Waals surface area contributed by atoms with Gasteiger partial charge in [-0.25, -0.2) is 4.39 Å². The van der Waals surface area contributed by atoms with Gasteiger partial charge >= 0.3 is 0 Å². The zero-order valence-corrected chi connectivity index (χ0v) is 11.3. The number of carbonyl (C=O) groups is 2. The number of hydrogen-bond donors (Lipinski definition) is 1. The lowest BCUT2D eigenvalue weighted by molar-refractivity contribution is -0.199. The fourth-order valence-corrected chi connectivity index (χ4v) is 3.55. The molecule has 0 atom stereocenters. The largest absolute Gasteiger partial charge is 0.352 e. The Hall–Kier alpha value is -1.21. The summed E-state index contributed by atoms with van der Waals surface area (Å²) in [7, 11) is 0. The first kappa shape index (κ1) is 13.8. The maximum atomic E-state index is 12.8. The van der Waals surface area contributed by atoms with Crippen molar-refractivity contribution in [3.8, 4) is 0 Å². The Kier molecular flexibility index (Phi) is 3.41. The van der Waals surface area contributed by atoms with Gasteiger partial charge in [-0.1, -0.05) is 0 Å². The van der Waals surface area contributed by atoms with Gasteiger partial charge in [0, 0.05) is 25.9 Å². The molecule has 7 heteroatoms. The minimum Gasteiger partial charge on any atom is -0.352 e. The number of rotatable bonds is 1. The third kappa shape index (κ3) is 2.00. The van der Waals surface area contributed by atoms with E-state index in [1.54, 1.807) is 0 Å². The van der Waals surface area contributed by atoms with Crippen LogP contribution in [0, 0.1) is 0 Å². The summed E-state index contributed by atoms with van der Waals surface area (Å²) in [5, 5.41) is 2.79. The summed E-state index contributed by atoms with van der Waals surface area (Å²) in [4.78, 5) is 25.5. The Balaban J connectivity index is 1.81. The smallest absolute Gasteiger partial charge is 0.254 e. The van der Waals surface area contributed by atoms with Crippen LogP contribution in [0.4, 0.5) is 4.39 Å². The topological polar surface area (TPSA) is 67.9 Å². The van der Waals surface area contributed by atoms with Crippen LogP contribution >= 0.6 is 0 Å². The number of piperazine rings is 1. The van der Waals surface area contributed by atoms with E-state index in [2.05, 4.69) is 5.32 Å². The fourth-order valence-electron chi connectivity index (χ4n) is 3.55. The second kappa shape index (κ2) is 4.96.